The van der Waals surface area contributed by atoms with Gasteiger partial charge in [-0.15, -0.1) is 35.1 Å². The number of benzene rings is 2. The number of halogens is 2. The molecule has 0 aliphatic carbocycles. The summed E-state index contributed by atoms with van der Waals surface area (Å²) in [6.07, 6.45) is 1.05. The van der Waals surface area contributed by atoms with Crippen molar-refractivity contribution in [3.63, 3.8) is 0 Å². The molecule has 6 nitrogen and oxygen atoms in total. The van der Waals surface area contributed by atoms with Crippen molar-refractivity contribution in [2.45, 2.75) is 26.3 Å². The SMILES string of the molecule is CCN1CCc2c(sc(NC(=O)C3CC(=O)N(c4ccc(F)cc4)C3)c2-c2nc3ccccc3s2)C1.Cl. The maximum Gasteiger partial charge on any atom is 0.230 e. The van der Waals surface area contributed by atoms with Crippen molar-refractivity contribution < 1.29 is 14.0 Å². The molecule has 0 bridgehead atoms. The number of nitrogens with zero attached hydrogens (tertiary/aromatic N) is 3. The lowest BCUT2D eigenvalue weighted by atomic mass is 10.0. The highest BCUT2D eigenvalue weighted by Gasteiger charge is 2.36. The van der Waals surface area contributed by atoms with E-state index in [9.17, 15) is 14.0 Å². The van der Waals surface area contributed by atoms with Crippen molar-refractivity contribution in [1.29, 1.82) is 0 Å². The quantitative estimate of drug-likeness (QED) is 0.330. The average Bonchev–Trinajstić information content (AvgIpc) is 3.58. The number of hydrogen-bond donors (Lipinski definition) is 1. The molecule has 1 N–H and O–H groups in total. The average molecular weight is 557 g/mol. The van der Waals surface area contributed by atoms with Crippen LogP contribution in [0.4, 0.5) is 15.1 Å². The number of likely N-dealkylation sites (N-methyl/N-ethyl adjacent to an activating group) is 1. The summed E-state index contributed by atoms with van der Waals surface area (Å²) in [7, 11) is 0. The van der Waals surface area contributed by atoms with E-state index in [1.165, 1.54) is 22.6 Å². The minimum atomic E-state index is -0.475. The van der Waals surface area contributed by atoms with E-state index in [4.69, 9.17) is 4.98 Å². The molecule has 2 aromatic carbocycles. The number of thiophene rings is 1. The number of hydrogen-bond acceptors (Lipinski definition) is 6. The van der Waals surface area contributed by atoms with Gasteiger partial charge in [0.1, 0.15) is 15.8 Å². The van der Waals surface area contributed by atoms with Gasteiger partial charge in [-0.3, -0.25) is 14.5 Å². The largest absolute Gasteiger partial charge is 0.317 e. The van der Waals surface area contributed by atoms with E-state index in [1.54, 1.807) is 39.7 Å². The minimum absolute atomic E-state index is 0. The van der Waals surface area contributed by atoms with Gasteiger partial charge in [0.05, 0.1) is 16.1 Å². The number of carbonyl (C=O) groups excluding carboxylic acids is 2. The fourth-order valence-corrected chi connectivity index (χ4v) is 7.39. The Labute approximate surface area is 228 Å². The van der Waals surface area contributed by atoms with E-state index >= 15 is 0 Å². The zero-order valence-electron chi connectivity index (χ0n) is 20.2. The van der Waals surface area contributed by atoms with Gasteiger partial charge < -0.3 is 10.2 Å². The molecule has 0 radical (unpaired) electrons. The first-order chi connectivity index (χ1) is 17.5. The Bertz CT molecular complexity index is 1440. The van der Waals surface area contributed by atoms with E-state index in [0.29, 0.717) is 5.69 Å². The second-order valence-corrected chi connectivity index (χ2v) is 11.3. The maximum atomic E-state index is 13.4. The van der Waals surface area contributed by atoms with Gasteiger partial charge in [0.25, 0.3) is 0 Å². The molecule has 10 heteroatoms. The summed E-state index contributed by atoms with van der Waals surface area (Å²) in [6.45, 7) is 5.28. The number of thiazole rings is 1. The van der Waals surface area contributed by atoms with Crippen LogP contribution >= 0.6 is 35.1 Å². The highest BCUT2D eigenvalue weighted by molar-refractivity contribution is 7.22. The number of aromatic nitrogens is 1. The monoisotopic (exact) mass is 556 g/mol. The number of amides is 2. The molecule has 192 valence electrons. The number of rotatable bonds is 5. The summed E-state index contributed by atoms with van der Waals surface area (Å²) >= 11 is 3.27. The third-order valence-electron chi connectivity index (χ3n) is 6.96. The highest BCUT2D eigenvalue weighted by Crippen LogP contribution is 2.46. The molecular weight excluding hydrogens is 531 g/mol. The molecule has 6 rings (SSSR count). The second-order valence-electron chi connectivity index (χ2n) is 9.18. The number of fused-ring (bicyclic) bond motifs is 2. The molecule has 37 heavy (non-hydrogen) atoms. The Hall–Kier alpha value is -2.85. The van der Waals surface area contributed by atoms with Gasteiger partial charge in [-0.1, -0.05) is 19.1 Å². The molecule has 2 aromatic heterocycles. The first-order valence-electron chi connectivity index (χ1n) is 12.1. The van der Waals surface area contributed by atoms with E-state index in [0.717, 1.165) is 51.8 Å². The van der Waals surface area contributed by atoms with Gasteiger partial charge in [0, 0.05) is 42.2 Å². The fourth-order valence-electron chi connectivity index (χ4n) is 4.99. The second kappa shape index (κ2) is 10.5. The summed E-state index contributed by atoms with van der Waals surface area (Å²) in [4.78, 5) is 36.2. The number of carbonyl (C=O) groups is 2. The topological polar surface area (TPSA) is 65.5 Å². The molecule has 1 saturated heterocycles. The highest BCUT2D eigenvalue weighted by atomic mass is 35.5. The molecule has 0 spiro atoms. The lowest BCUT2D eigenvalue weighted by Gasteiger charge is -2.25. The molecule has 2 aliphatic heterocycles. The molecule has 2 aliphatic rings. The van der Waals surface area contributed by atoms with Gasteiger partial charge in [-0.05, 0) is 54.9 Å². The van der Waals surface area contributed by atoms with Crippen LogP contribution < -0.4 is 10.2 Å². The van der Waals surface area contributed by atoms with Crippen molar-refractivity contribution in [3.05, 3.63) is 64.8 Å². The lowest BCUT2D eigenvalue weighted by Crippen LogP contribution is -2.29. The van der Waals surface area contributed by atoms with Crippen LogP contribution in [0.1, 0.15) is 23.8 Å². The molecule has 4 aromatic rings. The predicted octanol–water partition coefficient (Wildman–Crippen LogP) is 5.96. The molecule has 0 saturated carbocycles. The number of anilines is 2. The lowest BCUT2D eigenvalue weighted by molar-refractivity contribution is -0.122. The summed E-state index contributed by atoms with van der Waals surface area (Å²) in [5.41, 5.74) is 3.87. The Kier molecular flexibility index (Phi) is 7.31. The Morgan fingerprint density at radius 1 is 1.16 bits per heavy atom. The van der Waals surface area contributed by atoms with Gasteiger partial charge >= 0.3 is 0 Å². The Balaban J connectivity index is 0.00000280. The van der Waals surface area contributed by atoms with Crippen LogP contribution in [0.2, 0.25) is 0 Å². The van der Waals surface area contributed by atoms with Crippen LogP contribution in [0.5, 0.6) is 0 Å². The van der Waals surface area contributed by atoms with Crippen LogP contribution in [-0.2, 0) is 22.6 Å². The van der Waals surface area contributed by atoms with Crippen LogP contribution in [0.3, 0.4) is 0 Å². The normalized spacial score (nSPS) is 17.6. The van der Waals surface area contributed by atoms with Crippen molar-refractivity contribution in [2.24, 2.45) is 5.92 Å². The zero-order chi connectivity index (χ0) is 24.8. The Morgan fingerprint density at radius 3 is 2.70 bits per heavy atom. The molecule has 1 atom stereocenters. The molecular formula is C27H26ClFN4O2S2. The van der Waals surface area contributed by atoms with Gasteiger partial charge in [-0.2, -0.15) is 0 Å². The molecule has 2 amide bonds. The summed E-state index contributed by atoms with van der Waals surface area (Å²) in [5.74, 6) is -1.12. The summed E-state index contributed by atoms with van der Waals surface area (Å²) in [6, 6.07) is 13.9. The van der Waals surface area contributed by atoms with Crippen LogP contribution in [0.15, 0.2) is 48.5 Å². The number of para-hydroxylation sites is 1. The van der Waals surface area contributed by atoms with Crippen molar-refractivity contribution in [2.75, 3.05) is 29.9 Å². The molecule has 1 unspecified atom stereocenters. The number of nitrogens with one attached hydrogen (secondary N) is 1. The van der Waals surface area contributed by atoms with Crippen molar-refractivity contribution >= 4 is 67.8 Å². The fraction of sp³-hybridized carbons (Fsp3) is 0.296. The standard InChI is InChI=1S/C27H25FN4O2S2.ClH/c1-2-31-12-11-19-22(15-31)36-27(24(19)26-29-20-5-3-4-6-21(20)35-26)30-25(34)16-13-23(33)32(14-16)18-9-7-17(28)8-10-18;/h3-10,16H,2,11-15H2,1H3,(H,30,34);1H. The third-order valence-corrected chi connectivity index (χ3v) is 9.15. The molecule has 4 heterocycles. The van der Waals surface area contributed by atoms with E-state index in [1.807, 2.05) is 18.2 Å². The molecule has 1 fully saturated rings. The smallest absolute Gasteiger partial charge is 0.230 e. The first-order valence-corrected chi connectivity index (χ1v) is 13.7. The predicted molar refractivity (Wildman–Crippen MR) is 150 cm³/mol. The van der Waals surface area contributed by atoms with Gasteiger partial charge in [0.15, 0.2) is 0 Å². The van der Waals surface area contributed by atoms with Crippen LogP contribution in [-0.4, -0.2) is 41.3 Å². The van der Waals surface area contributed by atoms with E-state index in [2.05, 4.69) is 23.2 Å². The summed E-state index contributed by atoms with van der Waals surface area (Å²) < 4.78 is 14.5. The summed E-state index contributed by atoms with van der Waals surface area (Å²) in [5, 5.41) is 4.91. The third kappa shape index (κ3) is 4.88. The van der Waals surface area contributed by atoms with Crippen molar-refractivity contribution in [3.8, 4) is 10.6 Å². The van der Waals surface area contributed by atoms with Crippen molar-refractivity contribution in [1.82, 2.24) is 9.88 Å². The Morgan fingerprint density at radius 2 is 1.95 bits per heavy atom. The van der Waals surface area contributed by atoms with Crippen LogP contribution in [0, 0.1) is 11.7 Å². The zero-order valence-corrected chi connectivity index (χ0v) is 22.6. The first kappa shape index (κ1) is 25.8. The van der Waals surface area contributed by atoms with Crippen LogP contribution in [0.25, 0.3) is 20.8 Å². The van der Waals surface area contributed by atoms with Gasteiger partial charge in [0.2, 0.25) is 11.8 Å². The van der Waals surface area contributed by atoms with Gasteiger partial charge in [-0.25, -0.2) is 9.37 Å². The van der Waals surface area contributed by atoms with E-state index < -0.39 is 5.92 Å². The minimum Gasteiger partial charge on any atom is -0.317 e. The van der Waals surface area contributed by atoms with E-state index in [-0.39, 0.29) is 43.0 Å². The maximum absolute atomic E-state index is 13.4.